The van der Waals surface area contributed by atoms with E-state index in [1.54, 1.807) is 4.68 Å². The molecule has 1 spiro atoms. The number of nitrogens with zero attached hydrogens (tertiary/aromatic N) is 3. The van der Waals surface area contributed by atoms with E-state index in [9.17, 15) is 9.59 Å². The van der Waals surface area contributed by atoms with Gasteiger partial charge in [0.25, 0.3) is 0 Å². The van der Waals surface area contributed by atoms with Gasteiger partial charge in [-0.25, -0.2) is 0 Å². The van der Waals surface area contributed by atoms with Crippen molar-refractivity contribution in [2.45, 2.75) is 51.1 Å². The number of fused-ring (bicyclic) bond motifs is 2. The van der Waals surface area contributed by atoms with Gasteiger partial charge < -0.3 is 10.2 Å². The number of likely N-dealkylation sites (tertiary alicyclic amines) is 1. The van der Waals surface area contributed by atoms with Crippen molar-refractivity contribution in [2.24, 2.45) is 0 Å². The molecule has 6 nitrogen and oxygen atoms in total. The minimum Gasteiger partial charge on any atom is -0.337 e. The van der Waals surface area contributed by atoms with E-state index in [-0.39, 0.29) is 24.4 Å². The molecule has 1 saturated heterocycles. The third-order valence-electron chi connectivity index (χ3n) is 5.71. The van der Waals surface area contributed by atoms with Crippen LogP contribution in [0.1, 0.15) is 37.4 Å². The minimum atomic E-state index is -0.623. The molecular weight excluding hydrogens is 328 g/mol. The summed E-state index contributed by atoms with van der Waals surface area (Å²) in [6.45, 7) is 4.83. The van der Waals surface area contributed by atoms with Gasteiger partial charge in [0.1, 0.15) is 6.54 Å². The zero-order valence-corrected chi connectivity index (χ0v) is 15.2. The molecule has 2 aliphatic heterocycles. The number of aromatic nitrogens is 2. The fraction of sp³-hybridized carbons (Fsp3) is 0.450. The molecule has 1 fully saturated rings. The van der Waals surface area contributed by atoms with Crippen molar-refractivity contribution in [1.82, 2.24) is 14.7 Å². The Morgan fingerprint density at radius 2 is 2.15 bits per heavy atom. The van der Waals surface area contributed by atoms with Crippen molar-refractivity contribution in [2.75, 3.05) is 11.9 Å². The summed E-state index contributed by atoms with van der Waals surface area (Å²) in [6, 6.07) is 9.66. The molecular formula is C20H24N4O2. The van der Waals surface area contributed by atoms with Crippen molar-refractivity contribution in [3.05, 3.63) is 47.8 Å². The molecule has 4 rings (SSSR count). The maximum absolute atomic E-state index is 13.0. The molecule has 136 valence electrons. The van der Waals surface area contributed by atoms with Gasteiger partial charge in [-0.05, 0) is 37.5 Å². The van der Waals surface area contributed by atoms with Gasteiger partial charge in [-0.2, -0.15) is 5.10 Å². The fourth-order valence-corrected chi connectivity index (χ4v) is 4.56. The number of amides is 2. The number of nitrogens with one attached hydrogen (secondary N) is 1. The van der Waals surface area contributed by atoms with Gasteiger partial charge in [-0.1, -0.05) is 31.5 Å². The molecule has 0 unspecified atom stereocenters. The van der Waals surface area contributed by atoms with Crippen LogP contribution in [0.5, 0.6) is 0 Å². The first-order valence-electron chi connectivity index (χ1n) is 9.26. The van der Waals surface area contributed by atoms with Gasteiger partial charge >= 0.3 is 0 Å². The molecule has 0 saturated carbocycles. The molecule has 1 N–H and O–H groups in total. The summed E-state index contributed by atoms with van der Waals surface area (Å²) >= 11 is 0. The summed E-state index contributed by atoms with van der Waals surface area (Å²) in [5, 5.41) is 7.36. The quantitative estimate of drug-likeness (QED) is 0.919. The predicted octanol–water partition coefficient (Wildman–Crippen LogP) is 2.48. The summed E-state index contributed by atoms with van der Waals surface area (Å²) < 4.78 is 1.67. The number of anilines is 1. The molecule has 1 aromatic carbocycles. The lowest BCUT2D eigenvalue weighted by molar-refractivity contribution is -0.134. The Hall–Kier alpha value is -2.63. The highest BCUT2D eigenvalue weighted by atomic mass is 16.2. The highest BCUT2D eigenvalue weighted by Gasteiger charge is 2.58. The van der Waals surface area contributed by atoms with E-state index < -0.39 is 5.41 Å². The number of benzene rings is 1. The van der Waals surface area contributed by atoms with E-state index in [0.29, 0.717) is 13.0 Å². The van der Waals surface area contributed by atoms with Crippen LogP contribution in [0.25, 0.3) is 0 Å². The largest absolute Gasteiger partial charge is 0.337 e. The first-order chi connectivity index (χ1) is 12.6. The summed E-state index contributed by atoms with van der Waals surface area (Å²) in [5.74, 6) is 0.0583. The normalized spacial score (nSPS) is 24.2. The van der Waals surface area contributed by atoms with Crippen molar-refractivity contribution < 1.29 is 9.59 Å². The van der Waals surface area contributed by atoms with Crippen LogP contribution in [-0.2, 0) is 21.5 Å². The van der Waals surface area contributed by atoms with Gasteiger partial charge in [0, 0.05) is 18.4 Å². The summed E-state index contributed by atoms with van der Waals surface area (Å²) in [4.78, 5) is 27.9. The van der Waals surface area contributed by atoms with E-state index >= 15 is 0 Å². The smallest absolute Gasteiger partial charge is 0.244 e. The predicted molar refractivity (Wildman–Crippen MR) is 98.7 cm³/mol. The van der Waals surface area contributed by atoms with Crippen LogP contribution >= 0.6 is 0 Å². The van der Waals surface area contributed by atoms with Gasteiger partial charge in [0.15, 0.2) is 0 Å². The summed E-state index contributed by atoms with van der Waals surface area (Å²) in [7, 11) is 0. The number of para-hydroxylation sites is 1. The number of rotatable bonds is 4. The lowest BCUT2D eigenvalue weighted by atomic mass is 9.73. The molecule has 2 atom stereocenters. The molecule has 26 heavy (non-hydrogen) atoms. The van der Waals surface area contributed by atoms with Crippen molar-refractivity contribution in [3.63, 3.8) is 0 Å². The topological polar surface area (TPSA) is 67.2 Å². The standard InChI is InChI=1S/C20H24N4O2/c1-3-6-17-20(15-7-4-5-8-16(15)21-19(20)26)10-12-24(17)18(25)13-23-11-9-14(2)22-23/h4-5,7-9,11,17H,3,6,10,12-13H2,1-2H3,(H,21,26)/t17-,20+/m0/s1. The minimum absolute atomic E-state index is 0.0283. The number of hydrogen-bond donors (Lipinski definition) is 1. The van der Waals surface area contributed by atoms with Gasteiger partial charge in [-0.15, -0.1) is 0 Å². The highest BCUT2D eigenvalue weighted by Crippen LogP contribution is 2.49. The molecule has 2 aromatic rings. The van der Waals surface area contributed by atoms with Crippen LogP contribution in [-0.4, -0.2) is 39.1 Å². The molecule has 3 heterocycles. The Kier molecular flexibility index (Phi) is 4.05. The third kappa shape index (κ3) is 2.43. The van der Waals surface area contributed by atoms with Crippen LogP contribution in [0.15, 0.2) is 36.5 Å². The zero-order chi connectivity index (χ0) is 18.3. The molecule has 2 aliphatic rings. The first-order valence-corrected chi connectivity index (χ1v) is 9.26. The van der Waals surface area contributed by atoms with Gasteiger partial charge in [0.05, 0.1) is 17.2 Å². The maximum atomic E-state index is 13.0. The van der Waals surface area contributed by atoms with E-state index in [4.69, 9.17) is 0 Å². The second-order valence-electron chi connectivity index (χ2n) is 7.27. The molecule has 2 amide bonds. The second-order valence-corrected chi connectivity index (χ2v) is 7.27. The van der Waals surface area contributed by atoms with Crippen LogP contribution < -0.4 is 5.32 Å². The van der Waals surface area contributed by atoms with Gasteiger partial charge in [0.2, 0.25) is 11.8 Å². The lowest BCUT2D eigenvalue weighted by Gasteiger charge is -2.34. The summed E-state index contributed by atoms with van der Waals surface area (Å²) in [5.41, 5.74) is 2.19. The average molecular weight is 352 g/mol. The second kappa shape index (κ2) is 6.27. The Bertz CT molecular complexity index is 859. The SMILES string of the molecule is CCC[C@@H]1N(C(=O)Cn2ccc(C)n2)CC[C@]12C(=O)Nc1ccccc12. The molecule has 6 heteroatoms. The molecule has 1 aromatic heterocycles. The van der Waals surface area contributed by atoms with Crippen LogP contribution in [0.2, 0.25) is 0 Å². The number of hydrogen-bond acceptors (Lipinski definition) is 3. The lowest BCUT2D eigenvalue weighted by Crippen LogP contribution is -2.49. The van der Waals surface area contributed by atoms with Crippen molar-refractivity contribution >= 4 is 17.5 Å². The number of carbonyl (C=O) groups excluding carboxylic acids is 2. The highest BCUT2D eigenvalue weighted by molar-refractivity contribution is 6.07. The van der Waals surface area contributed by atoms with E-state index in [1.807, 2.05) is 48.4 Å². The van der Waals surface area contributed by atoms with Crippen molar-refractivity contribution in [3.8, 4) is 0 Å². The van der Waals surface area contributed by atoms with Crippen LogP contribution in [0, 0.1) is 6.92 Å². The summed E-state index contributed by atoms with van der Waals surface area (Å²) in [6.07, 6.45) is 4.23. The van der Waals surface area contributed by atoms with Crippen LogP contribution in [0.3, 0.4) is 0 Å². The molecule has 0 aliphatic carbocycles. The maximum Gasteiger partial charge on any atom is 0.244 e. The zero-order valence-electron chi connectivity index (χ0n) is 15.2. The Balaban J connectivity index is 1.66. The average Bonchev–Trinajstić information content (AvgIpc) is 3.27. The monoisotopic (exact) mass is 352 g/mol. The first kappa shape index (κ1) is 16.8. The van der Waals surface area contributed by atoms with E-state index in [0.717, 1.165) is 29.8 Å². The Morgan fingerprint density at radius 3 is 2.88 bits per heavy atom. The molecule has 0 radical (unpaired) electrons. The molecule has 0 bridgehead atoms. The van der Waals surface area contributed by atoms with Crippen molar-refractivity contribution in [1.29, 1.82) is 0 Å². The number of aryl methyl sites for hydroxylation is 1. The van der Waals surface area contributed by atoms with Crippen LogP contribution in [0.4, 0.5) is 5.69 Å². The fourth-order valence-electron chi connectivity index (χ4n) is 4.56. The van der Waals surface area contributed by atoms with E-state index in [1.165, 1.54) is 0 Å². The van der Waals surface area contributed by atoms with E-state index in [2.05, 4.69) is 17.3 Å². The Morgan fingerprint density at radius 1 is 1.35 bits per heavy atom. The number of carbonyl (C=O) groups is 2. The Labute approximate surface area is 153 Å². The van der Waals surface area contributed by atoms with Gasteiger partial charge in [-0.3, -0.25) is 14.3 Å². The third-order valence-corrected chi connectivity index (χ3v) is 5.71.